The van der Waals surface area contributed by atoms with Crippen LogP contribution in [0.25, 0.3) is 0 Å². The second-order valence-electron chi connectivity index (χ2n) is 11.3. The predicted octanol–water partition coefficient (Wildman–Crippen LogP) is 3.45. The van der Waals surface area contributed by atoms with Gasteiger partial charge in [0.1, 0.15) is 24.2 Å². The molecule has 1 aliphatic heterocycles. The fourth-order valence-corrected chi connectivity index (χ4v) is 5.29. The predicted molar refractivity (Wildman–Crippen MR) is 160 cm³/mol. The Kier molecular flexibility index (Phi) is 12.5. The summed E-state index contributed by atoms with van der Waals surface area (Å²) in [6, 6.07) is 15.2. The first-order valence-electron chi connectivity index (χ1n) is 15.0. The standard InChI is InChI=1S/C33H45N3O6/c1-5-7-14-22(4)26-19-27(38)35-30(28(23-15-10-8-11-16-23)24-17-12-9-13-18-24)32(40)34-25(20-37)31(39)36-29(21(3)6-2)33(41)42-26/h8-13,15-18,21-22,25-26,28-30,37H,5-7,14,19-20H2,1-4H3,(H,34,40)(H,35,38)(H,36,39)/t21-,22-,25-,26-,29+,30-/m0/s1. The maximum Gasteiger partial charge on any atom is 0.329 e. The van der Waals surface area contributed by atoms with Gasteiger partial charge in [-0.3, -0.25) is 14.4 Å². The van der Waals surface area contributed by atoms with Crippen LogP contribution in [-0.4, -0.2) is 59.6 Å². The van der Waals surface area contributed by atoms with E-state index >= 15 is 0 Å². The summed E-state index contributed by atoms with van der Waals surface area (Å²) in [6.07, 6.45) is 2.28. The number of hydrogen-bond donors (Lipinski definition) is 4. The quantitative estimate of drug-likeness (QED) is 0.319. The average Bonchev–Trinajstić information content (AvgIpc) is 3.01. The van der Waals surface area contributed by atoms with Crippen LogP contribution in [0.15, 0.2) is 60.7 Å². The van der Waals surface area contributed by atoms with Crippen LogP contribution in [0.4, 0.5) is 0 Å². The normalized spacial score (nSPS) is 23.8. The van der Waals surface area contributed by atoms with E-state index in [1.807, 2.05) is 81.4 Å². The van der Waals surface area contributed by atoms with Crippen molar-refractivity contribution < 1.29 is 29.0 Å². The van der Waals surface area contributed by atoms with E-state index in [1.54, 1.807) is 0 Å². The molecular weight excluding hydrogens is 534 g/mol. The SMILES string of the molecule is CCCC[C@H](C)[C@@H]1CC(=O)N[C@@H](C(c2ccccc2)c2ccccc2)C(=O)N[C@@H](CO)C(=O)N[C@H]([C@@H](C)CC)C(=O)O1. The molecule has 42 heavy (non-hydrogen) atoms. The summed E-state index contributed by atoms with van der Waals surface area (Å²) in [5.74, 6) is -3.43. The van der Waals surface area contributed by atoms with Crippen molar-refractivity contribution in [1.29, 1.82) is 0 Å². The first kappa shape index (κ1) is 32.8. The number of ether oxygens (including phenoxy) is 1. The maximum atomic E-state index is 13.9. The van der Waals surface area contributed by atoms with Gasteiger partial charge in [-0.1, -0.05) is 108 Å². The number of rotatable bonds is 10. The maximum absolute atomic E-state index is 13.9. The zero-order chi connectivity index (χ0) is 30.6. The molecular formula is C33H45N3O6. The zero-order valence-electron chi connectivity index (χ0n) is 25.0. The minimum Gasteiger partial charge on any atom is -0.460 e. The minimum atomic E-state index is -1.34. The Morgan fingerprint density at radius 1 is 0.810 bits per heavy atom. The molecule has 2 aromatic rings. The molecule has 0 radical (unpaired) electrons. The number of cyclic esters (lactones) is 1. The Morgan fingerprint density at radius 3 is 1.93 bits per heavy atom. The summed E-state index contributed by atoms with van der Waals surface area (Å²) in [7, 11) is 0. The van der Waals surface area contributed by atoms with Crippen molar-refractivity contribution in [2.75, 3.05) is 6.61 Å². The molecule has 0 aromatic heterocycles. The first-order chi connectivity index (χ1) is 20.2. The Balaban J connectivity index is 2.09. The van der Waals surface area contributed by atoms with E-state index in [0.717, 1.165) is 30.4 Å². The van der Waals surface area contributed by atoms with Crippen LogP contribution in [0.2, 0.25) is 0 Å². The number of aliphatic hydroxyl groups is 1. The summed E-state index contributed by atoms with van der Waals surface area (Å²) in [4.78, 5) is 54.4. The highest BCUT2D eigenvalue weighted by Crippen LogP contribution is 2.29. The van der Waals surface area contributed by atoms with E-state index in [-0.39, 0.29) is 18.3 Å². The number of hydrogen-bond acceptors (Lipinski definition) is 6. The molecule has 1 saturated heterocycles. The highest BCUT2D eigenvalue weighted by atomic mass is 16.5. The molecule has 3 amide bonds. The molecule has 1 fully saturated rings. The van der Waals surface area contributed by atoms with Gasteiger partial charge in [0.25, 0.3) is 0 Å². The number of carbonyl (C=O) groups excluding carboxylic acids is 4. The molecule has 1 aliphatic rings. The number of benzene rings is 2. The molecule has 3 rings (SSSR count). The van der Waals surface area contributed by atoms with Gasteiger partial charge in [-0.2, -0.15) is 0 Å². The topological polar surface area (TPSA) is 134 Å². The van der Waals surface area contributed by atoms with Crippen LogP contribution in [0.1, 0.15) is 76.8 Å². The van der Waals surface area contributed by atoms with E-state index < -0.39 is 60.4 Å². The van der Waals surface area contributed by atoms with Crippen molar-refractivity contribution in [1.82, 2.24) is 16.0 Å². The van der Waals surface area contributed by atoms with Crippen LogP contribution in [0.3, 0.4) is 0 Å². The van der Waals surface area contributed by atoms with Crippen molar-refractivity contribution in [2.45, 2.75) is 89.9 Å². The second-order valence-corrected chi connectivity index (χ2v) is 11.3. The average molecular weight is 580 g/mol. The lowest BCUT2D eigenvalue weighted by molar-refractivity contribution is -0.158. The lowest BCUT2D eigenvalue weighted by atomic mass is 9.84. The van der Waals surface area contributed by atoms with Crippen LogP contribution in [0, 0.1) is 11.8 Å². The third kappa shape index (κ3) is 8.64. The van der Waals surface area contributed by atoms with Gasteiger partial charge in [-0.15, -0.1) is 0 Å². The van der Waals surface area contributed by atoms with E-state index in [4.69, 9.17) is 4.74 Å². The molecule has 9 heteroatoms. The van der Waals surface area contributed by atoms with Gasteiger partial charge in [-0.05, 0) is 29.4 Å². The number of esters is 1. The van der Waals surface area contributed by atoms with Crippen LogP contribution >= 0.6 is 0 Å². The molecule has 6 atom stereocenters. The summed E-state index contributed by atoms with van der Waals surface area (Å²) < 4.78 is 5.96. The Morgan fingerprint density at radius 2 is 1.40 bits per heavy atom. The fraction of sp³-hybridized carbons (Fsp3) is 0.515. The van der Waals surface area contributed by atoms with Gasteiger partial charge in [-0.25, -0.2) is 4.79 Å². The zero-order valence-corrected chi connectivity index (χ0v) is 25.0. The Hall–Kier alpha value is -3.72. The highest BCUT2D eigenvalue weighted by Gasteiger charge is 2.38. The lowest BCUT2D eigenvalue weighted by Crippen LogP contribution is -2.58. The molecule has 0 unspecified atom stereocenters. The van der Waals surface area contributed by atoms with Crippen LogP contribution < -0.4 is 16.0 Å². The smallest absolute Gasteiger partial charge is 0.329 e. The minimum absolute atomic E-state index is 0.130. The molecule has 2 aromatic carbocycles. The van der Waals surface area contributed by atoms with E-state index in [0.29, 0.717) is 6.42 Å². The molecule has 0 bridgehead atoms. The molecule has 0 saturated carbocycles. The van der Waals surface area contributed by atoms with Crippen molar-refractivity contribution >= 4 is 23.7 Å². The highest BCUT2D eigenvalue weighted by molar-refractivity contribution is 5.95. The number of aliphatic hydroxyl groups excluding tert-OH is 1. The Bertz CT molecular complexity index is 1140. The largest absolute Gasteiger partial charge is 0.460 e. The monoisotopic (exact) mass is 579 g/mol. The van der Waals surface area contributed by atoms with E-state index in [1.165, 1.54) is 0 Å². The lowest BCUT2D eigenvalue weighted by Gasteiger charge is -2.30. The van der Waals surface area contributed by atoms with Crippen LogP contribution in [0.5, 0.6) is 0 Å². The summed E-state index contributed by atoms with van der Waals surface area (Å²) in [5, 5.41) is 18.4. The third-order valence-corrected chi connectivity index (χ3v) is 8.13. The van der Waals surface area contributed by atoms with E-state index in [9.17, 15) is 24.3 Å². The number of unbranched alkanes of at least 4 members (excludes halogenated alkanes) is 1. The first-order valence-corrected chi connectivity index (χ1v) is 15.0. The van der Waals surface area contributed by atoms with Crippen molar-refractivity contribution in [2.24, 2.45) is 11.8 Å². The molecule has 228 valence electrons. The Labute approximate surface area is 248 Å². The number of carbonyl (C=O) groups is 4. The van der Waals surface area contributed by atoms with Gasteiger partial charge in [0.15, 0.2) is 0 Å². The fourth-order valence-electron chi connectivity index (χ4n) is 5.29. The molecule has 9 nitrogen and oxygen atoms in total. The summed E-state index contributed by atoms with van der Waals surface area (Å²) in [5.41, 5.74) is 1.57. The third-order valence-electron chi connectivity index (χ3n) is 8.13. The number of nitrogens with one attached hydrogen (secondary N) is 3. The van der Waals surface area contributed by atoms with Crippen LogP contribution in [-0.2, 0) is 23.9 Å². The molecule has 1 heterocycles. The van der Waals surface area contributed by atoms with E-state index in [2.05, 4.69) is 22.9 Å². The van der Waals surface area contributed by atoms with Crippen molar-refractivity contribution in [3.8, 4) is 0 Å². The molecule has 0 spiro atoms. The number of amides is 3. The molecule has 0 aliphatic carbocycles. The second kappa shape index (κ2) is 16.1. The summed E-state index contributed by atoms with van der Waals surface area (Å²) in [6.45, 7) is 7.03. The van der Waals surface area contributed by atoms with Gasteiger partial charge >= 0.3 is 5.97 Å². The van der Waals surface area contributed by atoms with Gasteiger partial charge < -0.3 is 25.8 Å². The van der Waals surface area contributed by atoms with Gasteiger partial charge in [0, 0.05) is 5.92 Å². The van der Waals surface area contributed by atoms with Crippen molar-refractivity contribution in [3.05, 3.63) is 71.8 Å². The van der Waals surface area contributed by atoms with Crippen molar-refractivity contribution in [3.63, 3.8) is 0 Å². The van der Waals surface area contributed by atoms with Gasteiger partial charge in [0.2, 0.25) is 17.7 Å². The van der Waals surface area contributed by atoms with Gasteiger partial charge in [0.05, 0.1) is 13.0 Å². The summed E-state index contributed by atoms with van der Waals surface area (Å²) >= 11 is 0. The molecule has 4 N–H and O–H groups in total.